The van der Waals surface area contributed by atoms with E-state index in [0.29, 0.717) is 3.43 Å². The van der Waals surface area contributed by atoms with Crippen LogP contribution in [0.2, 0.25) is 16.7 Å². The standard InChI is InChI=1S/C7H15O.3C4H9.Sn/c1-6(2)5-7(3,4)8;3*1-3-4-2;/h8H,5H2,1-4H3;3*1,3-4H2,2H3;. The van der Waals surface area contributed by atoms with Crippen molar-refractivity contribution in [3.05, 3.63) is 0 Å². The minimum atomic E-state index is -2.25. The third-order valence-corrected chi connectivity index (χ3v) is 25.3. The predicted octanol–water partition coefficient (Wildman–Crippen LogP) is 6.78. The first-order valence-corrected chi connectivity index (χ1v) is 16.8. The molecule has 0 aromatic rings. The van der Waals surface area contributed by atoms with Gasteiger partial charge in [-0.25, -0.2) is 0 Å². The summed E-state index contributed by atoms with van der Waals surface area (Å²) in [5.41, 5.74) is -0.518. The zero-order chi connectivity index (χ0) is 16.6. The average molecular weight is 405 g/mol. The maximum atomic E-state index is 10.4. The van der Waals surface area contributed by atoms with Gasteiger partial charge < -0.3 is 0 Å². The molecule has 0 atom stereocenters. The summed E-state index contributed by atoms with van der Waals surface area (Å²) in [6, 6.07) is 0. The fraction of sp³-hybridized carbons (Fsp3) is 1.00. The zero-order valence-corrected chi connectivity index (χ0v) is 18.9. The van der Waals surface area contributed by atoms with E-state index >= 15 is 0 Å². The van der Waals surface area contributed by atoms with Gasteiger partial charge in [0.15, 0.2) is 0 Å². The molecule has 1 N–H and O–H groups in total. The molecule has 0 fully saturated rings. The van der Waals surface area contributed by atoms with Crippen molar-refractivity contribution in [3.8, 4) is 0 Å². The molecule has 0 amide bonds. The Morgan fingerprint density at radius 3 is 1.29 bits per heavy atom. The van der Waals surface area contributed by atoms with Crippen molar-refractivity contribution in [2.24, 2.45) is 0 Å². The summed E-state index contributed by atoms with van der Waals surface area (Å²) in [5, 5.41) is 10.4. The molecule has 0 aromatic carbocycles. The Morgan fingerprint density at radius 2 is 1.05 bits per heavy atom. The normalized spacial score (nSPS) is 13.7. The Hall–Kier alpha value is 0.759. The SMILES string of the molecule is CCC[CH2][Sn]([CH2]CCC)([CH2]CCC)[C](C)(C)CC(C)(C)O. The summed E-state index contributed by atoms with van der Waals surface area (Å²) in [5.74, 6) is 0. The molecule has 0 aliphatic rings. The van der Waals surface area contributed by atoms with E-state index in [1.165, 1.54) is 51.8 Å². The Bertz CT molecular complexity index is 243. The summed E-state index contributed by atoms with van der Waals surface area (Å²) >= 11 is -2.25. The van der Waals surface area contributed by atoms with E-state index in [2.05, 4.69) is 34.6 Å². The van der Waals surface area contributed by atoms with Gasteiger partial charge in [0, 0.05) is 0 Å². The maximum absolute atomic E-state index is 10.4. The molecule has 1 nitrogen and oxygen atoms in total. The molecule has 0 aliphatic heterocycles. The first-order chi connectivity index (χ1) is 9.64. The summed E-state index contributed by atoms with van der Waals surface area (Å²) in [6.45, 7) is 16.0. The molecule has 2 heteroatoms. The van der Waals surface area contributed by atoms with Gasteiger partial charge in [0.05, 0.1) is 0 Å². The molecule has 0 spiro atoms. The van der Waals surface area contributed by atoms with E-state index in [-0.39, 0.29) is 0 Å². The van der Waals surface area contributed by atoms with Crippen LogP contribution in [-0.4, -0.2) is 29.1 Å². The van der Waals surface area contributed by atoms with Crippen molar-refractivity contribution < 1.29 is 5.11 Å². The second-order valence-electron chi connectivity index (χ2n) is 8.46. The first-order valence-electron chi connectivity index (χ1n) is 9.36. The van der Waals surface area contributed by atoms with Gasteiger partial charge in [-0.1, -0.05) is 0 Å². The average Bonchev–Trinajstić information content (AvgIpc) is 2.35. The molecule has 0 saturated heterocycles. The number of aliphatic hydroxyl groups is 1. The van der Waals surface area contributed by atoms with Gasteiger partial charge in [0.25, 0.3) is 0 Å². The summed E-state index contributed by atoms with van der Waals surface area (Å²) in [6.07, 6.45) is 9.23. The molecule has 0 aliphatic carbocycles. The van der Waals surface area contributed by atoms with Gasteiger partial charge in [0.1, 0.15) is 0 Å². The van der Waals surface area contributed by atoms with Crippen LogP contribution in [0.4, 0.5) is 0 Å². The minimum absolute atomic E-state index is 0.409. The molecule has 0 unspecified atom stereocenters. The molecule has 128 valence electrons. The van der Waals surface area contributed by atoms with E-state index in [4.69, 9.17) is 0 Å². The van der Waals surface area contributed by atoms with E-state index in [1.54, 1.807) is 0 Å². The third-order valence-electron chi connectivity index (χ3n) is 5.34. The van der Waals surface area contributed by atoms with Crippen LogP contribution in [0.3, 0.4) is 0 Å². The predicted molar refractivity (Wildman–Crippen MR) is 99.9 cm³/mol. The second kappa shape index (κ2) is 9.80. The molecular weight excluding hydrogens is 363 g/mol. The van der Waals surface area contributed by atoms with Crippen LogP contribution in [0, 0.1) is 0 Å². The molecule has 0 rings (SSSR count). The van der Waals surface area contributed by atoms with Gasteiger partial charge in [-0.2, -0.15) is 0 Å². The number of unbranched alkanes of at least 4 members (excludes halogenated alkanes) is 3. The van der Waals surface area contributed by atoms with Crippen LogP contribution in [0.1, 0.15) is 93.4 Å². The monoisotopic (exact) mass is 406 g/mol. The van der Waals surface area contributed by atoms with Crippen molar-refractivity contribution in [1.82, 2.24) is 0 Å². The van der Waals surface area contributed by atoms with Crippen molar-refractivity contribution in [2.75, 3.05) is 0 Å². The molecule has 0 saturated carbocycles. The Balaban J connectivity index is 5.34. The third kappa shape index (κ3) is 7.72. The van der Waals surface area contributed by atoms with E-state index in [9.17, 15) is 5.11 Å². The molecule has 0 radical (unpaired) electrons. The topological polar surface area (TPSA) is 20.2 Å². The van der Waals surface area contributed by atoms with Crippen LogP contribution < -0.4 is 0 Å². The number of rotatable bonds is 12. The molecule has 21 heavy (non-hydrogen) atoms. The fourth-order valence-electron chi connectivity index (χ4n) is 4.20. The van der Waals surface area contributed by atoms with Crippen molar-refractivity contribution in [1.29, 1.82) is 0 Å². The van der Waals surface area contributed by atoms with Gasteiger partial charge in [-0.05, 0) is 0 Å². The Morgan fingerprint density at radius 1 is 0.714 bits per heavy atom. The first kappa shape index (κ1) is 21.8. The summed E-state index contributed by atoms with van der Waals surface area (Å²) < 4.78 is 5.02. The molecule has 0 bridgehead atoms. The van der Waals surface area contributed by atoms with Gasteiger partial charge >= 0.3 is 139 Å². The molecular formula is C19H42OSn. The molecule has 0 aromatic heterocycles. The zero-order valence-electron chi connectivity index (χ0n) is 16.0. The van der Waals surface area contributed by atoms with Crippen LogP contribution in [0.25, 0.3) is 0 Å². The van der Waals surface area contributed by atoms with Gasteiger partial charge in [-0.15, -0.1) is 0 Å². The van der Waals surface area contributed by atoms with E-state index in [1.807, 2.05) is 13.8 Å². The second-order valence-corrected chi connectivity index (χ2v) is 23.9. The summed E-state index contributed by atoms with van der Waals surface area (Å²) in [7, 11) is 0. The van der Waals surface area contributed by atoms with E-state index in [0.717, 1.165) is 6.42 Å². The number of hydrogen-bond donors (Lipinski definition) is 1. The summed E-state index contributed by atoms with van der Waals surface area (Å²) in [4.78, 5) is 0. The van der Waals surface area contributed by atoms with Crippen molar-refractivity contribution >= 4 is 18.4 Å². The van der Waals surface area contributed by atoms with Gasteiger partial charge in [-0.3, -0.25) is 0 Å². The molecule has 0 heterocycles. The van der Waals surface area contributed by atoms with Crippen LogP contribution in [-0.2, 0) is 0 Å². The fourth-order valence-corrected chi connectivity index (χ4v) is 23.3. The van der Waals surface area contributed by atoms with E-state index < -0.39 is 24.0 Å². The quantitative estimate of drug-likeness (QED) is 0.355. The van der Waals surface area contributed by atoms with Crippen LogP contribution in [0.15, 0.2) is 0 Å². The van der Waals surface area contributed by atoms with Crippen LogP contribution in [0.5, 0.6) is 0 Å². The number of hydrogen-bond acceptors (Lipinski definition) is 1. The van der Waals surface area contributed by atoms with Crippen molar-refractivity contribution in [2.45, 2.75) is 116 Å². The van der Waals surface area contributed by atoms with Crippen LogP contribution >= 0.6 is 0 Å². The Labute approximate surface area is 139 Å². The Kier molecular flexibility index (Phi) is 10.2. The van der Waals surface area contributed by atoms with Crippen molar-refractivity contribution in [3.63, 3.8) is 0 Å². The van der Waals surface area contributed by atoms with Gasteiger partial charge in [0.2, 0.25) is 0 Å².